The first-order valence-electron chi connectivity index (χ1n) is 10.4. The Kier molecular flexibility index (Phi) is 5.95. The number of halogens is 1. The maximum Gasteiger partial charge on any atom is 0.287 e. The zero-order valence-corrected chi connectivity index (χ0v) is 18.9. The van der Waals surface area contributed by atoms with E-state index in [0.29, 0.717) is 24.7 Å². The molecule has 1 atom stereocenters. The van der Waals surface area contributed by atoms with E-state index in [0.717, 1.165) is 42.0 Å². The Morgan fingerprint density at radius 3 is 2.81 bits per heavy atom. The monoisotopic (exact) mass is 443 g/mol. The van der Waals surface area contributed by atoms with E-state index in [2.05, 4.69) is 20.2 Å². The van der Waals surface area contributed by atoms with Gasteiger partial charge in [-0.1, -0.05) is 18.5 Å². The van der Waals surface area contributed by atoms with Gasteiger partial charge in [-0.2, -0.15) is 10.2 Å². The van der Waals surface area contributed by atoms with E-state index in [1.807, 2.05) is 43.5 Å². The zero-order chi connectivity index (χ0) is 22.1. The van der Waals surface area contributed by atoms with Gasteiger partial charge in [-0.3, -0.25) is 9.48 Å². The molecule has 1 saturated heterocycles. The van der Waals surface area contributed by atoms with Crippen molar-refractivity contribution < 1.29 is 4.74 Å². The van der Waals surface area contributed by atoms with E-state index in [4.69, 9.17) is 16.3 Å². The summed E-state index contributed by atoms with van der Waals surface area (Å²) in [6.45, 7) is 7.85. The van der Waals surface area contributed by atoms with Gasteiger partial charge in [0.1, 0.15) is 17.5 Å². The maximum atomic E-state index is 12.4. The molecule has 164 valence electrons. The predicted molar refractivity (Wildman–Crippen MR) is 119 cm³/mol. The van der Waals surface area contributed by atoms with Crippen molar-refractivity contribution in [3.63, 3.8) is 0 Å². The normalized spacial score (nSPS) is 16.2. The highest BCUT2D eigenvalue weighted by molar-refractivity contribution is 6.33. The van der Waals surface area contributed by atoms with Gasteiger partial charge in [0.15, 0.2) is 0 Å². The molecule has 0 unspecified atom stereocenters. The molecule has 9 nitrogen and oxygen atoms in total. The summed E-state index contributed by atoms with van der Waals surface area (Å²) in [6.07, 6.45) is 4.71. The highest BCUT2D eigenvalue weighted by atomic mass is 35.5. The topological polar surface area (TPSA) is 91.0 Å². The number of aryl methyl sites for hydroxylation is 3. The summed E-state index contributed by atoms with van der Waals surface area (Å²) in [4.78, 5) is 23.2. The third-order valence-corrected chi connectivity index (χ3v) is 5.94. The molecule has 1 aliphatic heterocycles. The molecule has 0 spiro atoms. The highest BCUT2D eigenvalue weighted by Crippen LogP contribution is 2.29. The van der Waals surface area contributed by atoms with E-state index in [9.17, 15) is 4.79 Å². The number of aromatic nitrogens is 6. The molecule has 0 amide bonds. The minimum atomic E-state index is -0.256. The molecular weight excluding hydrogens is 418 g/mol. The van der Waals surface area contributed by atoms with Gasteiger partial charge in [-0.05, 0) is 20.3 Å². The van der Waals surface area contributed by atoms with Crippen LogP contribution in [0.15, 0.2) is 23.4 Å². The van der Waals surface area contributed by atoms with Crippen LogP contribution >= 0.6 is 11.6 Å². The van der Waals surface area contributed by atoms with E-state index in [-0.39, 0.29) is 16.7 Å². The highest BCUT2D eigenvalue weighted by Gasteiger charge is 2.27. The first-order chi connectivity index (χ1) is 14.9. The Bertz CT molecular complexity index is 1160. The molecule has 0 aromatic carbocycles. The summed E-state index contributed by atoms with van der Waals surface area (Å²) in [5.74, 6) is 0.516. The summed E-state index contributed by atoms with van der Waals surface area (Å²) in [7, 11) is 1.91. The first-order valence-corrected chi connectivity index (χ1v) is 10.8. The third-order valence-electron chi connectivity index (χ3n) is 5.58. The Morgan fingerprint density at radius 2 is 2.10 bits per heavy atom. The summed E-state index contributed by atoms with van der Waals surface area (Å²) >= 11 is 6.36. The second kappa shape index (κ2) is 8.66. The lowest BCUT2D eigenvalue weighted by Crippen LogP contribution is -2.29. The van der Waals surface area contributed by atoms with Crippen LogP contribution in [-0.4, -0.2) is 48.7 Å². The second-order valence-corrected chi connectivity index (χ2v) is 8.14. The minimum Gasteiger partial charge on any atom is -0.472 e. The average Bonchev–Trinajstić information content (AvgIpc) is 3.29. The number of hydrogen-bond donors (Lipinski definition) is 0. The molecular formula is C21H26ClN7O2. The number of anilines is 1. The maximum absolute atomic E-state index is 12.4. The van der Waals surface area contributed by atoms with Crippen LogP contribution in [0.1, 0.15) is 31.2 Å². The molecule has 1 fully saturated rings. The van der Waals surface area contributed by atoms with Crippen molar-refractivity contribution >= 4 is 17.3 Å². The molecule has 3 aromatic heterocycles. The fourth-order valence-electron chi connectivity index (χ4n) is 3.95. The van der Waals surface area contributed by atoms with Crippen LogP contribution in [0, 0.1) is 13.8 Å². The van der Waals surface area contributed by atoms with Gasteiger partial charge >= 0.3 is 0 Å². The van der Waals surface area contributed by atoms with Crippen molar-refractivity contribution in [2.45, 2.75) is 46.3 Å². The average molecular weight is 444 g/mol. The van der Waals surface area contributed by atoms with Gasteiger partial charge in [0, 0.05) is 43.9 Å². The van der Waals surface area contributed by atoms with Gasteiger partial charge in [0.05, 0.1) is 29.8 Å². The summed E-state index contributed by atoms with van der Waals surface area (Å²) in [5.41, 5.74) is 4.12. The zero-order valence-electron chi connectivity index (χ0n) is 18.2. The molecule has 3 aromatic rings. The minimum absolute atomic E-state index is 0.0759. The summed E-state index contributed by atoms with van der Waals surface area (Å²) in [5, 5.41) is 8.92. The van der Waals surface area contributed by atoms with Crippen molar-refractivity contribution in [2.75, 3.05) is 18.0 Å². The number of ether oxygens (including phenoxy) is 1. The molecule has 0 radical (unpaired) electrons. The molecule has 0 N–H and O–H groups in total. The lowest BCUT2D eigenvalue weighted by atomic mass is 10.1. The van der Waals surface area contributed by atoms with Crippen LogP contribution in [0.4, 0.5) is 5.69 Å². The van der Waals surface area contributed by atoms with Crippen LogP contribution in [0.3, 0.4) is 0 Å². The van der Waals surface area contributed by atoms with Crippen molar-refractivity contribution in [1.82, 2.24) is 29.5 Å². The van der Waals surface area contributed by atoms with Crippen molar-refractivity contribution in [2.24, 2.45) is 7.05 Å². The van der Waals surface area contributed by atoms with E-state index in [1.54, 1.807) is 6.20 Å². The van der Waals surface area contributed by atoms with Crippen LogP contribution in [0.2, 0.25) is 5.02 Å². The number of hydrogen-bond acceptors (Lipinski definition) is 7. The van der Waals surface area contributed by atoms with Gasteiger partial charge in [-0.15, -0.1) is 0 Å². The van der Waals surface area contributed by atoms with Gasteiger partial charge in [0.2, 0.25) is 5.88 Å². The molecule has 4 heterocycles. The van der Waals surface area contributed by atoms with Crippen molar-refractivity contribution in [3.05, 3.63) is 45.4 Å². The number of rotatable bonds is 6. The van der Waals surface area contributed by atoms with Gasteiger partial charge in [0.25, 0.3) is 5.56 Å². The van der Waals surface area contributed by atoms with Crippen LogP contribution in [0.25, 0.3) is 11.3 Å². The molecule has 0 bridgehead atoms. The second-order valence-electron chi connectivity index (χ2n) is 7.76. The Labute approximate surface area is 185 Å². The quantitative estimate of drug-likeness (QED) is 0.578. The Balaban J connectivity index is 1.49. The first kappa shape index (κ1) is 21.3. The summed E-state index contributed by atoms with van der Waals surface area (Å²) < 4.78 is 9.39. The largest absolute Gasteiger partial charge is 0.472 e. The van der Waals surface area contributed by atoms with E-state index >= 15 is 0 Å². The Morgan fingerprint density at radius 1 is 1.29 bits per heavy atom. The molecule has 0 saturated carbocycles. The van der Waals surface area contributed by atoms with Crippen LogP contribution < -0.4 is 15.2 Å². The van der Waals surface area contributed by atoms with Crippen LogP contribution in [0.5, 0.6) is 5.88 Å². The third kappa shape index (κ3) is 4.14. The summed E-state index contributed by atoms with van der Waals surface area (Å²) in [6, 6.07) is 1.85. The van der Waals surface area contributed by atoms with E-state index < -0.39 is 0 Å². The van der Waals surface area contributed by atoms with E-state index in [1.165, 1.54) is 11.0 Å². The number of nitrogens with zero attached hydrogens (tertiary/aromatic N) is 7. The molecule has 0 aliphatic carbocycles. The molecule has 1 aliphatic rings. The molecule has 10 heteroatoms. The van der Waals surface area contributed by atoms with Gasteiger partial charge in [-0.25, -0.2) is 14.6 Å². The predicted octanol–water partition coefficient (Wildman–Crippen LogP) is 2.77. The fraction of sp³-hybridized carbons (Fsp3) is 0.476. The Hall–Kier alpha value is -2.94. The lowest BCUT2D eigenvalue weighted by Gasteiger charge is -2.20. The van der Waals surface area contributed by atoms with Crippen molar-refractivity contribution in [1.29, 1.82) is 0 Å². The standard InChI is InChI=1S/C21H26ClN7O2/c1-5-7-29-21(30)20(22)17(10-25-29)28-8-6-15(11-28)31-18-9-16(23-12-24-18)19-13(2)26-27(4)14(19)3/h9-10,12,15H,5-8,11H2,1-4H3/t15-/m1/s1. The van der Waals surface area contributed by atoms with Crippen LogP contribution in [-0.2, 0) is 13.6 Å². The molecule has 31 heavy (non-hydrogen) atoms. The van der Waals surface area contributed by atoms with Crippen molar-refractivity contribution in [3.8, 4) is 17.1 Å². The smallest absolute Gasteiger partial charge is 0.287 e. The van der Waals surface area contributed by atoms with Gasteiger partial charge < -0.3 is 9.64 Å². The lowest BCUT2D eigenvalue weighted by molar-refractivity contribution is 0.215. The fourth-order valence-corrected chi connectivity index (χ4v) is 4.21. The molecule has 4 rings (SSSR count). The SMILES string of the molecule is CCCn1ncc(N2CC[C@@H](Oc3cc(-c4c(C)nn(C)c4C)ncn3)C2)c(Cl)c1=O.